The van der Waals surface area contributed by atoms with Crippen molar-refractivity contribution < 1.29 is 39.0 Å². The van der Waals surface area contributed by atoms with E-state index in [4.69, 9.17) is 9.31 Å². The zero-order valence-electron chi connectivity index (χ0n) is 18.6. The number of benzene rings is 3. The molecule has 3 N–H and O–H groups in total. The fourth-order valence-electron chi connectivity index (χ4n) is 5.44. The van der Waals surface area contributed by atoms with E-state index in [0.717, 1.165) is 0 Å². The molecule has 0 unspecified atom stereocenters. The Balaban J connectivity index is 1.58. The molecule has 2 bridgehead atoms. The summed E-state index contributed by atoms with van der Waals surface area (Å²) in [4.78, 5) is 39.5. The molecule has 9 heteroatoms. The molecule has 1 heterocycles. The summed E-state index contributed by atoms with van der Waals surface area (Å²) in [6, 6.07) is 13.1. The second-order valence-electron chi connectivity index (χ2n) is 9.11. The lowest BCUT2D eigenvalue weighted by atomic mass is 9.66. The lowest BCUT2D eigenvalue weighted by molar-refractivity contribution is -0.144. The summed E-state index contributed by atoms with van der Waals surface area (Å²) in [5, 5.41) is 32.9. The highest BCUT2D eigenvalue weighted by molar-refractivity contribution is 6.61. The number of hydrogen-bond donors (Lipinski definition) is 3. The molecule has 3 aromatic rings. The number of aromatic hydroxyl groups is 3. The van der Waals surface area contributed by atoms with Gasteiger partial charge in [0, 0.05) is 29.5 Å². The van der Waals surface area contributed by atoms with E-state index < -0.39 is 47.6 Å². The van der Waals surface area contributed by atoms with Gasteiger partial charge in [0.05, 0.1) is 22.8 Å². The van der Waals surface area contributed by atoms with E-state index in [1.54, 1.807) is 24.3 Å². The Morgan fingerprint density at radius 3 is 2.37 bits per heavy atom. The Bertz CT molecular complexity index is 1460. The average molecular weight is 470 g/mol. The maximum absolute atomic E-state index is 13.4. The Labute approximate surface area is 199 Å². The van der Waals surface area contributed by atoms with Crippen molar-refractivity contribution in [3.05, 3.63) is 81.9 Å². The van der Waals surface area contributed by atoms with Gasteiger partial charge in [0.25, 0.3) is 0 Å². The minimum Gasteiger partial charge on any atom is -0.507 e. The molecule has 0 aromatic heterocycles. The van der Waals surface area contributed by atoms with E-state index in [-0.39, 0.29) is 52.0 Å². The highest BCUT2D eigenvalue weighted by Crippen LogP contribution is 2.54. The van der Waals surface area contributed by atoms with Crippen LogP contribution in [-0.4, -0.2) is 45.4 Å². The second kappa shape index (κ2) is 7.28. The highest BCUT2D eigenvalue weighted by Gasteiger charge is 2.55. The van der Waals surface area contributed by atoms with E-state index >= 15 is 0 Å². The van der Waals surface area contributed by atoms with Gasteiger partial charge in [-0.05, 0) is 18.5 Å². The molecular weight excluding hydrogens is 451 g/mol. The SMILES string of the molecule is CC(=O)[C@]12Cc3c(O)c4c(c(O)c3[C@H](C1)OB(c1ccccc1)O2)C(=O)c1c(O)cccc1C4=O. The fourth-order valence-corrected chi connectivity index (χ4v) is 5.44. The third-order valence-corrected chi connectivity index (χ3v) is 7.19. The number of carbonyl (C=O) groups excluding carboxylic acids is 3. The number of ketones is 3. The number of carbonyl (C=O) groups is 3. The molecule has 0 amide bonds. The van der Waals surface area contributed by atoms with Gasteiger partial charge in [-0.3, -0.25) is 14.4 Å². The van der Waals surface area contributed by atoms with Crippen molar-refractivity contribution in [3.8, 4) is 17.2 Å². The molecule has 1 fully saturated rings. The first-order valence-corrected chi connectivity index (χ1v) is 11.1. The monoisotopic (exact) mass is 470 g/mol. The second-order valence-corrected chi connectivity index (χ2v) is 9.11. The van der Waals surface area contributed by atoms with Gasteiger partial charge in [-0.15, -0.1) is 0 Å². The molecule has 35 heavy (non-hydrogen) atoms. The third kappa shape index (κ3) is 2.85. The predicted molar refractivity (Wildman–Crippen MR) is 123 cm³/mol. The van der Waals surface area contributed by atoms with Crippen molar-refractivity contribution in [1.82, 2.24) is 0 Å². The fraction of sp³-hybridized carbons (Fsp3) is 0.192. The predicted octanol–water partition coefficient (Wildman–Crippen LogP) is 2.34. The van der Waals surface area contributed by atoms with Gasteiger partial charge in [-0.2, -0.15) is 0 Å². The number of phenolic OH excluding ortho intramolecular Hbond substituents is 3. The van der Waals surface area contributed by atoms with Crippen molar-refractivity contribution in [3.63, 3.8) is 0 Å². The Kier molecular flexibility index (Phi) is 4.49. The van der Waals surface area contributed by atoms with E-state index in [2.05, 4.69) is 0 Å². The van der Waals surface area contributed by atoms with Gasteiger partial charge >= 0.3 is 7.12 Å². The summed E-state index contributed by atoms with van der Waals surface area (Å²) in [6.07, 6.45) is -0.942. The normalized spacial score (nSPS) is 22.3. The van der Waals surface area contributed by atoms with Gasteiger partial charge in [0.15, 0.2) is 11.6 Å². The van der Waals surface area contributed by atoms with Gasteiger partial charge in [0.2, 0.25) is 5.78 Å². The molecule has 0 radical (unpaired) electrons. The van der Waals surface area contributed by atoms with Gasteiger partial charge in [-0.1, -0.05) is 42.5 Å². The molecule has 6 rings (SSSR count). The van der Waals surface area contributed by atoms with Crippen LogP contribution in [0.5, 0.6) is 17.2 Å². The maximum Gasteiger partial charge on any atom is 0.495 e. The lowest BCUT2D eigenvalue weighted by Crippen LogP contribution is -2.58. The van der Waals surface area contributed by atoms with Crippen molar-refractivity contribution in [2.75, 3.05) is 0 Å². The van der Waals surface area contributed by atoms with Gasteiger partial charge < -0.3 is 24.6 Å². The number of phenols is 3. The lowest BCUT2D eigenvalue weighted by Gasteiger charge is -2.47. The molecule has 2 atom stereocenters. The van der Waals surface area contributed by atoms with Gasteiger partial charge in [0.1, 0.15) is 22.8 Å². The van der Waals surface area contributed by atoms with Crippen LogP contribution in [0, 0.1) is 0 Å². The molecule has 1 aliphatic heterocycles. The van der Waals surface area contributed by atoms with Crippen LogP contribution in [0.4, 0.5) is 0 Å². The third-order valence-electron chi connectivity index (χ3n) is 7.19. The summed E-state index contributed by atoms with van der Waals surface area (Å²) in [5.74, 6) is -3.18. The van der Waals surface area contributed by atoms with E-state index in [1.807, 2.05) is 6.07 Å². The van der Waals surface area contributed by atoms with E-state index in [0.29, 0.717) is 5.46 Å². The molecular formula is C26H19BO8. The van der Waals surface area contributed by atoms with Crippen LogP contribution in [0.25, 0.3) is 0 Å². The van der Waals surface area contributed by atoms with Crippen molar-refractivity contribution >= 4 is 29.9 Å². The minimum atomic E-state index is -1.35. The molecule has 8 nitrogen and oxygen atoms in total. The minimum absolute atomic E-state index is 0.0639. The zero-order valence-corrected chi connectivity index (χ0v) is 18.6. The summed E-state index contributed by atoms with van der Waals surface area (Å²) in [7, 11) is -0.924. The summed E-state index contributed by atoms with van der Waals surface area (Å²) < 4.78 is 12.3. The molecule has 3 aliphatic rings. The number of Topliss-reactive ketones (excluding diaryl/α,β-unsaturated/α-hetero) is 1. The largest absolute Gasteiger partial charge is 0.507 e. The van der Waals surface area contributed by atoms with Crippen LogP contribution >= 0.6 is 0 Å². The molecule has 0 saturated carbocycles. The van der Waals surface area contributed by atoms with E-state index in [9.17, 15) is 29.7 Å². The first-order chi connectivity index (χ1) is 16.7. The molecule has 1 saturated heterocycles. The first-order valence-electron chi connectivity index (χ1n) is 11.1. The summed E-state index contributed by atoms with van der Waals surface area (Å²) in [6.45, 7) is 1.39. The van der Waals surface area contributed by atoms with Crippen LogP contribution in [-0.2, 0) is 20.5 Å². The zero-order chi connectivity index (χ0) is 24.6. The average Bonchev–Trinajstić information content (AvgIpc) is 2.84. The van der Waals surface area contributed by atoms with Crippen LogP contribution in [0.2, 0.25) is 0 Å². The van der Waals surface area contributed by atoms with Crippen LogP contribution in [0.15, 0.2) is 48.5 Å². The van der Waals surface area contributed by atoms with Gasteiger partial charge in [-0.25, -0.2) is 0 Å². The first kappa shape index (κ1) is 21.6. The number of hydrogen-bond acceptors (Lipinski definition) is 8. The number of rotatable bonds is 2. The van der Waals surface area contributed by atoms with Crippen LogP contribution < -0.4 is 5.46 Å². The molecule has 0 spiro atoms. The summed E-state index contributed by atoms with van der Waals surface area (Å²) in [5.41, 5.74) is -1.48. The Morgan fingerprint density at radius 1 is 0.943 bits per heavy atom. The van der Waals surface area contributed by atoms with Crippen LogP contribution in [0.3, 0.4) is 0 Å². The Morgan fingerprint density at radius 2 is 1.66 bits per heavy atom. The maximum atomic E-state index is 13.4. The number of fused-ring (bicyclic) bond motifs is 6. The summed E-state index contributed by atoms with van der Waals surface area (Å²) >= 11 is 0. The molecule has 3 aromatic carbocycles. The standard InChI is InChI=1S/C26H19BO8/c1-12(28)26-10-15-19(17(11-26)34-27(35-26)13-6-3-2-4-7-13)25(33)21-20(23(15)31)22(30)14-8-5-9-16(29)18(14)24(21)32/h2-9,17,29,31,33H,10-11H2,1H3/t17-,26-/m0/s1. The van der Waals surface area contributed by atoms with E-state index in [1.165, 1.54) is 25.1 Å². The van der Waals surface area contributed by atoms with Crippen molar-refractivity contribution in [2.45, 2.75) is 31.5 Å². The molecule has 2 aliphatic carbocycles. The Hall–Kier alpha value is -3.95. The smallest absolute Gasteiger partial charge is 0.495 e. The quantitative estimate of drug-likeness (QED) is 0.301. The van der Waals surface area contributed by atoms with Crippen molar-refractivity contribution in [2.24, 2.45) is 0 Å². The van der Waals surface area contributed by atoms with Crippen LogP contribution in [0.1, 0.15) is 62.4 Å². The topological polar surface area (TPSA) is 130 Å². The highest BCUT2D eigenvalue weighted by atomic mass is 16.6. The van der Waals surface area contributed by atoms with Crippen molar-refractivity contribution in [1.29, 1.82) is 0 Å². The molecule has 174 valence electrons.